The molecule has 5 nitrogen and oxygen atoms in total. The van der Waals surface area contributed by atoms with Crippen LogP contribution in [0.1, 0.15) is 37.3 Å². The quantitative estimate of drug-likeness (QED) is 0.897. The molecule has 2 fully saturated rings. The van der Waals surface area contributed by atoms with Crippen molar-refractivity contribution in [2.24, 2.45) is 0 Å². The van der Waals surface area contributed by atoms with Gasteiger partial charge >= 0.3 is 6.03 Å². The van der Waals surface area contributed by atoms with Gasteiger partial charge in [0.15, 0.2) is 0 Å². The van der Waals surface area contributed by atoms with Crippen molar-refractivity contribution in [1.29, 1.82) is 0 Å². The molecule has 3 atom stereocenters. The van der Waals surface area contributed by atoms with Gasteiger partial charge in [0, 0.05) is 19.7 Å². The highest BCUT2D eigenvalue weighted by Gasteiger charge is 2.31. The SMILES string of the molecule is O=C(NC(c1ccc(F)cc1)C1CCCO1)N1CCCC(O)C1. The maximum absolute atomic E-state index is 13.2. The topological polar surface area (TPSA) is 61.8 Å². The maximum Gasteiger partial charge on any atom is 0.318 e. The molecule has 3 rings (SSSR count). The van der Waals surface area contributed by atoms with Crippen LogP contribution in [0.25, 0.3) is 0 Å². The van der Waals surface area contributed by atoms with Crippen LogP contribution < -0.4 is 5.32 Å². The molecule has 0 spiro atoms. The standard InChI is InChI=1S/C17H23FN2O3/c18-13-7-5-12(6-8-13)16(15-4-2-10-23-15)19-17(22)20-9-1-3-14(21)11-20/h5-8,14-16,21H,1-4,9-11H2,(H,19,22). The fourth-order valence-corrected chi connectivity index (χ4v) is 3.29. The number of β-amino-alcohol motifs (C(OH)–C–C–N with tert-alkyl or cyclic N) is 1. The third-order valence-electron chi connectivity index (χ3n) is 4.53. The molecule has 0 radical (unpaired) electrons. The summed E-state index contributed by atoms with van der Waals surface area (Å²) in [4.78, 5) is 14.2. The van der Waals surface area contributed by atoms with Crippen LogP contribution in [0.2, 0.25) is 0 Å². The van der Waals surface area contributed by atoms with Crippen molar-refractivity contribution in [2.45, 2.75) is 43.9 Å². The van der Waals surface area contributed by atoms with Gasteiger partial charge in [-0.3, -0.25) is 0 Å². The number of rotatable bonds is 3. The maximum atomic E-state index is 13.2. The molecule has 2 aliphatic rings. The number of piperidine rings is 1. The minimum absolute atomic E-state index is 0.0980. The first-order valence-electron chi connectivity index (χ1n) is 8.24. The van der Waals surface area contributed by atoms with Crippen LogP contribution in [-0.2, 0) is 4.74 Å². The first kappa shape index (κ1) is 16.2. The lowest BCUT2D eigenvalue weighted by atomic mass is 9.99. The molecule has 2 amide bonds. The van der Waals surface area contributed by atoms with E-state index in [0.717, 1.165) is 31.2 Å². The lowest BCUT2D eigenvalue weighted by Gasteiger charge is -2.33. The predicted molar refractivity (Wildman–Crippen MR) is 83.5 cm³/mol. The van der Waals surface area contributed by atoms with Crippen LogP contribution in [0.5, 0.6) is 0 Å². The second-order valence-electron chi connectivity index (χ2n) is 6.27. The zero-order valence-corrected chi connectivity index (χ0v) is 13.1. The molecule has 0 aliphatic carbocycles. The number of aliphatic hydroxyl groups is 1. The van der Waals surface area contributed by atoms with Gasteiger partial charge < -0.3 is 20.1 Å². The van der Waals surface area contributed by atoms with E-state index < -0.39 is 6.10 Å². The van der Waals surface area contributed by atoms with Crippen molar-refractivity contribution in [3.05, 3.63) is 35.6 Å². The second kappa shape index (κ2) is 7.27. The number of nitrogens with one attached hydrogen (secondary N) is 1. The fraction of sp³-hybridized carbons (Fsp3) is 0.588. The van der Waals surface area contributed by atoms with Crippen LogP contribution in [0, 0.1) is 5.82 Å². The average molecular weight is 322 g/mol. The van der Waals surface area contributed by atoms with Gasteiger partial charge in [-0.2, -0.15) is 0 Å². The molecule has 2 aliphatic heterocycles. The smallest absolute Gasteiger partial charge is 0.318 e. The largest absolute Gasteiger partial charge is 0.391 e. The number of urea groups is 1. The lowest BCUT2D eigenvalue weighted by Crippen LogP contribution is -2.49. The summed E-state index contributed by atoms with van der Waals surface area (Å²) in [6.45, 7) is 1.68. The molecule has 0 saturated carbocycles. The number of nitrogens with zero attached hydrogens (tertiary/aromatic N) is 1. The van der Waals surface area contributed by atoms with E-state index in [1.807, 2.05) is 0 Å². The molecular formula is C17H23FN2O3. The van der Waals surface area contributed by atoms with Crippen LogP contribution in [0.15, 0.2) is 24.3 Å². The van der Waals surface area contributed by atoms with Crippen molar-refractivity contribution in [1.82, 2.24) is 10.2 Å². The van der Waals surface area contributed by atoms with Crippen LogP contribution in [0.4, 0.5) is 9.18 Å². The van der Waals surface area contributed by atoms with Gasteiger partial charge in [-0.1, -0.05) is 12.1 Å². The van der Waals surface area contributed by atoms with E-state index in [-0.39, 0.29) is 24.0 Å². The first-order valence-corrected chi connectivity index (χ1v) is 8.24. The molecule has 3 unspecified atom stereocenters. The number of carbonyl (C=O) groups excluding carboxylic acids is 1. The minimum Gasteiger partial charge on any atom is -0.391 e. The summed E-state index contributed by atoms with van der Waals surface area (Å²) in [6.07, 6.45) is 2.80. The molecule has 23 heavy (non-hydrogen) atoms. The number of ether oxygens (including phenoxy) is 1. The number of halogens is 1. The Labute approximate surface area is 135 Å². The van der Waals surface area contributed by atoms with E-state index in [1.165, 1.54) is 12.1 Å². The van der Waals surface area contributed by atoms with Crippen molar-refractivity contribution >= 4 is 6.03 Å². The highest BCUT2D eigenvalue weighted by Crippen LogP contribution is 2.27. The molecule has 1 aromatic carbocycles. The van der Waals surface area contributed by atoms with Gasteiger partial charge in [-0.15, -0.1) is 0 Å². The Morgan fingerprint density at radius 1 is 1.30 bits per heavy atom. The number of amides is 2. The van der Waals surface area contributed by atoms with E-state index in [9.17, 15) is 14.3 Å². The number of hydrogen-bond acceptors (Lipinski definition) is 3. The Morgan fingerprint density at radius 3 is 2.74 bits per heavy atom. The molecule has 2 N–H and O–H groups in total. The predicted octanol–water partition coefficient (Wildman–Crippen LogP) is 2.21. The number of benzene rings is 1. The van der Waals surface area contributed by atoms with Gasteiger partial charge in [0.2, 0.25) is 0 Å². The summed E-state index contributed by atoms with van der Waals surface area (Å²) in [5, 5.41) is 12.7. The third-order valence-corrected chi connectivity index (χ3v) is 4.53. The van der Waals surface area contributed by atoms with Gasteiger partial charge in [-0.05, 0) is 43.4 Å². The van der Waals surface area contributed by atoms with E-state index in [1.54, 1.807) is 17.0 Å². The molecule has 1 aromatic rings. The third kappa shape index (κ3) is 4.00. The Hall–Kier alpha value is -1.66. The van der Waals surface area contributed by atoms with Gasteiger partial charge in [0.1, 0.15) is 5.82 Å². The molecule has 2 saturated heterocycles. The second-order valence-corrected chi connectivity index (χ2v) is 6.27. The molecule has 6 heteroatoms. The highest BCUT2D eigenvalue weighted by molar-refractivity contribution is 5.75. The molecule has 0 aromatic heterocycles. The van der Waals surface area contributed by atoms with Crippen molar-refractivity contribution in [3.8, 4) is 0 Å². The lowest BCUT2D eigenvalue weighted by molar-refractivity contribution is 0.0660. The van der Waals surface area contributed by atoms with Crippen molar-refractivity contribution in [3.63, 3.8) is 0 Å². The summed E-state index contributed by atoms with van der Waals surface area (Å²) in [5.41, 5.74) is 0.837. The Morgan fingerprint density at radius 2 is 2.09 bits per heavy atom. The summed E-state index contributed by atoms with van der Waals surface area (Å²) in [6, 6.07) is 5.67. The fourth-order valence-electron chi connectivity index (χ4n) is 3.29. The van der Waals surface area contributed by atoms with Crippen LogP contribution >= 0.6 is 0 Å². The van der Waals surface area contributed by atoms with Crippen molar-refractivity contribution < 1.29 is 19.0 Å². The van der Waals surface area contributed by atoms with Crippen LogP contribution in [-0.4, -0.2) is 47.9 Å². The van der Waals surface area contributed by atoms with Gasteiger partial charge in [-0.25, -0.2) is 9.18 Å². The summed E-state index contributed by atoms with van der Waals surface area (Å²) >= 11 is 0. The first-order chi connectivity index (χ1) is 11.1. The van der Waals surface area contributed by atoms with Gasteiger partial charge in [0.05, 0.1) is 18.2 Å². The van der Waals surface area contributed by atoms with E-state index in [4.69, 9.17) is 4.74 Å². The van der Waals surface area contributed by atoms with Crippen LogP contribution in [0.3, 0.4) is 0 Å². The van der Waals surface area contributed by atoms with E-state index in [0.29, 0.717) is 19.7 Å². The zero-order chi connectivity index (χ0) is 16.2. The average Bonchev–Trinajstić information content (AvgIpc) is 3.07. The monoisotopic (exact) mass is 322 g/mol. The number of hydrogen-bond donors (Lipinski definition) is 2. The molecule has 0 bridgehead atoms. The zero-order valence-electron chi connectivity index (χ0n) is 13.1. The Balaban J connectivity index is 1.72. The minimum atomic E-state index is -0.457. The summed E-state index contributed by atoms with van der Waals surface area (Å²) < 4.78 is 18.9. The summed E-state index contributed by atoms with van der Waals surface area (Å²) in [5.74, 6) is -0.301. The Kier molecular flexibility index (Phi) is 5.13. The number of carbonyl (C=O) groups is 1. The number of aliphatic hydroxyl groups excluding tert-OH is 1. The molecule has 2 heterocycles. The normalized spacial score (nSPS) is 26.1. The molecule has 126 valence electrons. The molecular weight excluding hydrogens is 299 g/mol. The van der Waals surface area contributed by atoms with E-state index >= 15 is 0 Å². The van der Waals surface area contributed by atoms with Crippen molar-refractivity contribution in [2.75, 3.05) is 19.7 Å². The Bertz CT molecular complexity index is 531. The van der Waals surface area contributed by atoms with E-state index in [2.05, 4.69) is 5.32 Å². The number of likely N-dealkylation sites (tertiary alicyclic amines) is 1. The summed E-state index contributed by atoms with van der Waals surface area (Å²) in [7, 11) is 0. The highest BCUT2D eigenvalue weighted by atomic mass is 19.1. The van der Waals surface area contributed by atoms with Gasteiger partial charge in [0.25, 0.3) is 0 Å².